The van der Waals surface area contributed by atoms with Crippen LogP contribution < -0.4 is 0 Å². The predicted molar refractivity (Wildman–Crippen MR) is 49.0 cm³/mol. The molecule has 0 aromatic carbocycles. The van der Waals surface area contributed by atoms with Crippen molar-refractivity contribution < 1.29 is 4.74 Å². The summed E-state index contributed by atoms with van der Waals surface area (Å²) >= 11 is 1.50. The fourth-order valence-corrected chi connectivity index (χ4v) is 1.62. The Morgan fingerprint density at radius 1 is 1.58 bits per heavy atom. The van der Waals surface area contributed by atoms with Crippen LogP contribution in [0.1, 0.15) is 0 Å². The molecule has 1 aliphatic rings. The third-order valence-electron chi connectivity index (χ3n) is 1.61. The van der Waals surface area contributed by atoms with E-state index in [1.54, 1.807) is 6.19 Å². The predicted octanol–water partition coefficient (Wildman–Crippen LogP) is 0.519. The van der Waals surface area contributed by atoms with E-state index in [-0.39, 0.29) is 0 Å². The van der Waals surface area contributed by atoms with Gasteiger partial charge in [-0.1, -0.05) is 11.8 Å². The Kier molecular flexibility index (Phi) is 3.91. The summed E-state index contributed by atoms with van der Waals surface area (Å²) in [5, 5.41) is 9.18. The lowest BCUT2D eigenvalue weighted by molar-refractivity contribution is 0.0694. The fourth-order valence-electron chi connectivity index (χ4n) is 1.04. The number of morpholine rings is 1. The molecule has 1 saturated heterocycles. The molecule has 1 rings (SSSR count). The summed E-state index contributed by atoms with van der Waals surface area (Å²) in [5.41, 5.74) is 0. The smallest absolute Gasteiger partial charge is 0.208 e. The van der Waals surface area contributed by atoms with E-state index in [1.165, 1.54) is 11.8 Å². The fraction of sp³-hybridized carbons (Fsp3) is 0.714. The van der Waals surface area contributed by atoms with Gasteiger partial charge in [0.25, 0.3) is 0 Å². The van der Waals surface area contributed by atoms with E-state index >= 15 is 0 Å². The van der Waals surface area contributed by atoms with E-state index in [0.717, 1.165) is 31.5 Å². The Hall–Kier alpha value is -0.730. The van der Waals surface area contributed by atoms with E-state index in [9.17, 15) is 0 Å². The summed E-state index contributed by atoms with van der Waals surface area (Å²) in [6.45, 7) is 3.12. The van der Waals surface area contributed by atoms with Gasteiger partial charge in [0.15, 0.2) is 5.17 Å². The van der Waals surface area contributed by atoms with Crippen LogP contribution in [-0.2, 0) is 4.74 Å². The molecule has 0 bridgehead atoms. The SMILES string of the molecule is CS/C(=N\C#N)N1CCOCC1. The molecule has 1 aliphatic heterocycles. The van der Waals surface area contributed by atoms with Crippen molar-refractivity contribution in [3.8, 4) is 6.19 Å². The largest absolute Gasteiger partial charge is 0.378 e. The molecule has 12 heavy (non-hydrogen) atoms. The maximum absolute atomic E-state index is 8.39. The van der Waals surface area contributed by atoms with Gasteiger partial charge in [-0.25, -0.2) is 0 Å². The van der Waals surface area contributed by atoms with E-state index in [4.69, 9.17) is 10.00 Å². The maximum atomic E-state index is 8.39. The third kappa shape index (κ3) is 2.40. The number of aliphatic imine (C=N–C) groups is 1. The maximum Gasteiger partial charge on any atom is 0.208 e. The molecule has 66 valence electrons. The van der Waals surface area contributed by atoms with Crippen LogP contribution in [0.5, 0.6) is 0 Å². The van der Waals surface area contributed by atoms with Gasteiger partial charge in [-0.3, -0.25) is 0 Å². The molecule has 0 N–H and O–H groups in total. The minimum absolute atomic E-state index is 0.727. The molecule has 1 heterocycles. The molecule has 0 unspecified atom stereocenters. The zero-order valence-electron chi connectivity index (χ0n) is 6.99. The van der Waals surface area contributed by atoms with Crippen LogP contribution >= 0.6 is 11.8 Å². The average molecular weight is 185 g/mol. The van der Waals surface area contributed by atoms with Gasteiger partial charge in [0.2, 0.25) is 6.19 Å². The first-order valence-electron chi connectivity index (χ1n) is 3.72. The molecule has 0 radical (unpaired) electrons. The van der Waals surface area contributed by atoms with E-state index in [2.05, 4.69) is 9.89 Å². The van der Waals surface area contributed by atoms with Gasteiger partial charge in [0.05, 0.1) is 13.2 Å². The summed E-state index contributed by atoms with van der Waals surface area (Å²) in [6.07, 6.45) is 3.72. The van der Waals surface area contributed by atoms with Crippen LogP contribution in [0.3, 0.4) is 0 Å². The molecule has 4 nitrogen and oxygen atoms in total. The lowest BCUT2D eigenvalue weighted by Gasteiger charge is -2.27. The summed E-state index contributed by atoms with van der Waals surface area (Å²) in [7, 11) is 0. The summed E-state index contributed by atoms with van der Waals surface area (Å²) in [5.74, 6) is 0. The topological polar surface area (TPSA) is 48.6 Å². The van der Waals surface area contributed by atoms with Crippen LogP contribution in [0.15, 0.2) is 4.99 Å². The van der Waals surface area contributed by atoms with Crippen LogP contribution in [0.4, 0.5) is 0 Å². The van der Waals surface area contributed by atoms with Crippen molar-refractivity contribution in [3.05, 3.63) is 0 Å². The van der Waals surface area contributed by atoms with Crippen molar-refractivity contribution in [1.29, 1.82) is 5.26 Å². The minimum Gasteiger partial charge on any atom is -0.378 e. The Balaban J connectivity index is 2.53. The van der Waals surface area contributed by atoms with Crippen molar-refractivity contribution in [3.63, 3.8) is 0 Å². The Morgan fingerprint density at radius 2 is 2.25 bits per heavy atom. The molecule has 1 fully saturated rings. The summed E-state index contributed by atoms with van der Waals surface area (Å²) in [6, 6.07) is 0. The number of nitriles is 1. The lowest BCUT2D eigenvalue weighted by Crippen LogP contribution is -2.39. The highest BCUT2D eigenvalue weighted by Gasteiger charge is 2.13. The number of thioether (sulfide) groups is 1. The van der Waals surface area contributed by atoms with E-state index in [0.29, 0.717) is 0 Å². The second-order valence-electron chi connectivity index (χ2n) is 2.30. The Labute approximate surface area is 76.2 Å². The first kappa shape index (κ1) is 9.36. The molecular formula is C7H11N3OS. The molecule has 0 spiro atoms. The van der Waals surface area contributed by atoms with Gasteiger partial charge in [0, 0.05) is 13.1 Å². The van der Waals surface area contributed by atoms with Crippen molar-refractivity contribution in [2.45, 2.75) is 0 Å². The van der Waals surface area contributed by atoms with E-state index in [1.807, 2.05) is 6.26 Å². The summed E-state index contributed by atoms with van der Waals surface area (Å²) < 4.78 is 5.18. The van der Waals surface area contributed by atoms with Gasteiger partial charge in [-0.15, -0.1) is 4.99 Å². The van der Waals surface area contributed by atoms with Crippen molar-refractivity contribution in [1.82, 2.24) is 4.90 Å². The van der Waals surface area contributed by atoms with Gasteiger partial charge in [-0.05, 0) is 6.26 Å². The average Bonchev–Trinajstić information content (AvgIpc) is 2.15. The Bertz CT molecular complexity index is 205. The van der Waals surface area contributed by atoms with Gasteiger partial charge in [0.1, 0.15) is 0 Å². The van der Waals surface area contributed by atoms with Crippen molar-refractivity contribution >= 4 is 16.9 Å². The van der Waals surface area contributed by atoms with Crippen LogP contribution in [0, 0.1) is 11.5 Å². The Morgan fingerprint density at radius 3 is 2.75 bits per heavy atom. The number of hydrogen-bond donors (Lipinski definition) is 0. The van der Waals surface area contributed by atoms with Gasteiger partial charge in [-0.2, -0.15) is 5.26 Å². The third-order valence-corrected chi connectivity index (χ3v) is 2.32. The summed E-state index contributed by atoms with van der Waals surface area (Å²) in [4.78, 5) is 5.79. The normalized spacial score (nSPS) is 19.0. The molecular weight excluding hydrogens is 174 g/mol. The molecule has 0 aliphatic carbocycles. The van der Waals surface area contributed by atoms with Crippen LogP contribution in [0.2, 0.25) is 0 Å². The molecule has 5 heteroatoms. The quantitative estimate of drug-likeness (QED) is 0.313. The van der Waals surface area contributed by atoms with Crippen LogP contribution in [0.25, 0.3) is 0 Å². The highest BCUT2D eigenvalue weighted by molar-refractivity contribution is 8.13. The minimum atomic E-state index is 0.727. The first-order chi connectivity index (χ1) is 5.88. The number of ether oxygens (including phenoxy) is 1. The number of amidine groups is 1. The highest BCUT2D eigenvalue weighted by atomic mass is 32.2. The second-order valence-corrected chi connectivity index (χ2v) is 3.07. The van der Waals surface area contributed by atoms with E-state index < -0.39 is 0 Å². The van der Waals surface area contributed by atoms with Gasteiger partial charge < -0.3 is 9.64 Å². The molecule has 0 atom stereocenters. The molecule has 0 saturated carbocycles. The van der Waals surface area contributed by atoms with Crippen LogP contribution in [-0.4, -0.2) is 42.6 Å². The van der Waals surface area contributed by atoms with Crippen molar-refractivity contribution in [2.75, 3.05) is 32.6 Å². The number of rotatable bonds is 0. The standard InChI is InChI=1S/C7H11N3OS/c1-12-7(9-6-8)10-2-4-11-5-3-10/h2-5H2,1H3/b9-7-. The second kappa shape index (κ2) is 5.01. The molecule has 0 amide bonds. The zero-order valence-corrected chi connectivity index (χ0v) is 7.80. The zero-order chi connectivity index (χ0) is 8.81. The van der Waals surface area contributed by atoms with Crippen molar-refractivity contribution in [2.24, 2.45) is 4.99 Å². The molecule has 0 aromatic heterocycles. The first-order valence-corrected chi connectivity index (χ1v) is 4.94. The number of hydrogen-bond acceptors (Lipinski definition) is 4. The lowest BCUT2D eigenvalue weighted by atomic mass is 10.5. The molecule has 0 aromatic rings. The highest BCUT2D eigenvalue weighted by Crippen LogP contribution is 2.07. The monoisotopic (exact) mass is 185 g/mol. The van der Waals surface area contributed by atoms with Gasteiger partial charge >= 0.3 is 0 Å². The number of nitrogens with zero attached hydrogens (tertiary/aromatic N) is 3.